The molecule has 1 atom stereocenters. The van der Waals surface area contributed by atoms with Crippen molar-refractivity contribution in [3.63, 3.8) is 0 Å². The molecule has 0 aromatic rings. The van der Waals surface area contributed by atoms with Gasteiger partial charge in [0, 0.05) is 38.8 Å². The molecular weight excluding hydrogens is 230 g/mol. The fourth-order valence-corrected chi connectivity index (χ4v) is 1.97. The summed E-state index contributed by atoms with van der Waals surface area (Å²) < 4.78 is 5.24. The van der Waals surface area contributed by atoms with E-state index in [1.165, 1.54) is 0 Å². The number of ether oxygens (including phenoxy) is 1. The minimum atomic E-state index is -0.433. The van der Waals surface area contributed by atoms with Gasteiger partial charge in [-0.15, -0.1) is 0 Å². The van der Waals surface area contributed by atoms with Gasteiger partial charge in [0.05, 0.1) is 0 Å². The Bertz CT molecular complexity index is 268. The Morgan fingerprint density at radius 1 is 1.28 bits per heavy atom. The summed E-state index contributed by atoms with van der Waals surface area (Å²) in [6.45, 7) is 12.8. The number of rotatable bonds is 3. The van der Waals surface area contributed by atoms with Crippen LogP contribution in [-0.4, -0.2) is 67.3 Å². The highest BCUT2D eigenvalue weighted by Gasteiger charge is 2.20. The van der Waals surface area contributed by atoms with Crippen LogP contribution in [-0.2, 0) is 4.74 Å². The van der Waals surface area contributed by atoms with Gasteiger partial charge in [0.25, 0.3) is 0 Å². The molecule has 1 amide bonds. The van der Waals surface area contributed by atoms with Crippen LogP contribution in [0.15, 0.2) is 0 Å². The molecule has 1 fully saturated rings. The lowest BCUT2D eigenvalue weighted by molar-refractivity contribution is 0.0489. The van der Waals surface area contributed by atoms with E-state index in [4.69, 9.17) is 4.74 Å². The molecule has 1 aliphatic heterocycles. The fraction of sp³-hybridized carbons (Fsp3) is 0.923. The van der Waals surface area contributed by atoms with Crippen LogP contribution in [0.25, 0.3) is 0 Å². The second-order valence-corrected chi connectivity index (χ2v) is 6.15. The van der Waals surface area contributed by atoms with Crippen molar-refractivity contribution in [1.82, 2.24) is 15.1 Å². The Morgan fingerprint density at radius 2 is 1.83 bits per heavy atom. The Morgan fingerprint density at radius 3 is 2.33 bits per heavy atom. The van der Waals surface area contributed by atoms with E-state index < -0.39 is 5.60 Å². The van der Waals surface area contributed by atoms with E-state index in [0.29, 0.717) is 0 Å². The maximum atomic E-state index is 11.6. The Balaban J connectivity index is 2.24. The minimum Gasteiger partial charge on any atom is -0.444 e. The van der Waals surface area contributed by atoms with Crippen molar-refractivity contribution < 1.29 is 9.53 Å². The van der Waals surface area contributed by atoms with Crippen molar-refractivity contribution in [2.24, 2.45) is 0 Å². The fourth-order valence-electron chi connectivity index (χ4n) is 1.97. The molecule has 0 aliphatic carbocycles. The molecule has 1 heterocycles. The number of likely N-dealkylation sites (N-methyl/N-ethyl adjacent to an activating group) is 1. The molecule has 0 radical (unpaired) electrons. The van der Waals surface area contributed by atoms with Gasteiger partial charge in [-0.05, 0) is 34.7 Å². The molecule has 5 heteroatoms. The quantitative estimate of drug-likeness (QED) is 0.824. The number of carbonyl (C=O) groups excluding carboxylic acids is 1. The summed E-state index contributed by atoms with van der Waals surface area (Å²) in [6.07, 6.45) is -0.330. The smallest absolute Gasteiger partial charge is 0.407 e. The lowest BCUT2D eigenvalue weighted by Crippen LogP contribution is -2.50. The number of piperazine rings is 1. The van der Waals surface area contributed by atoms with Crippen molar-refractivity contribution in [1.29, 1.82) is 0 Å². The molecule has 1 unspecified atom stereocenters. The van der Waals surface area contributed by atoms with Crippen LogP contribution >= 0.6 is 0 Å². The van der Waals surface area contributed by atoms with Crippen molar-refractivity contribution in [2.75, 3.05) is 39.8 Å². The highest BCUT2D eigenvalue weighted by molar-refractivity contribution is 5.68. The van der Waals surface area contributed by atoms with Crippen molar-refractivity contribution in [3.8, 4) is 0 Å². The first-order valence-corrected chi connectivity index (χ1v) is 6.66. The van der Waals surface area contributed by atoms with Gasteiger partial charge in [0.2, 0.25) is 0 Å². The summed E-state index contributed by atoms with van der Waals surface area (Å²) in [6, 6.07) is 0.114. The molecule has 0 spiro atoms. The normalized spacial score (nSPS) is 20.5. The van der Waals surface area contributed by atoms with Crippen LogP contribution in [0, 0.1) is 0 Å². The number of hydrogen-bond donors (Lipinski definition) is 1. The summed E-state index contributed by atoms with van der Waals surface area (Å²) in [4.78, 5) is 16.3. The predicted molar refractivity (Wildman–Crippen MR) is 72.8 cm³/mol. The van der Waals surface area contributed by atoms with Crippen molar-refractivity contribution >= 4 is 6.09 Å². The highest BCUT2D eigenvalue weighted by atomic mass is 16.6. The van der Waals surface area contributed by atoms with Crippen molar-refractivity contribution in [3.05, 3.63) is 0 Å². The number of nitrogens with one attached hydrogen (secondary N) is 1. The number of alkyl carbamates (subject to hydrolysis) is 1. The summed E-state index contributed by atoms with van der Waals surface area (Å²) >= 11 is 0. The molecule has 0 bridgehead atoms. The van der Waals surface area contributed by atoms with E-state index in [2.05, 4.69) is 22.2 Å². The van der Waals surface area contributed by atoms with Crippen LogP contribution in [0.4, 0.5) is 4.79 Å². The maximum Gasteiger partial charge on any atom is 0.407 e. The van der Waals surface area contributed by atoms with Gasteiger partial charge in [0.1, 0.15) is 5.60 Å². The van der Waals surface area contributed by atoms with Crippen LogP contribution in [0.3, 0.4) is 0 Å². The largest absolute Gasteiger partial charge is 0.444 e. The van der Waals surface area contributed by atoms with Gasteiger partial charge in [0.15, 0.2) is 0 Å². The maximum absolute atomic E-state index is 11.6. The molecule has 106 valence electrons. The average molecular weight is 257 g/mol. The third kappa shape index (κ3) is 6.21. The van der Waals surface area contributed by atoms with Crippen LogP contribution < -0.4 is 5.32 Å². The molecule has 1 N–H and O–H groups in total. The zero-order chi connectivity index (χ0) is 13.8. The summed E-state index contributed by atoms with van der Waals surface area (Å²) in [5, 5.41) is 2.88. The van der Waals surface area contributed by atoms with E-state index in [0.717, 1.165) is 32.7 Å². The molecule has 1 saturated heterocycles. The third-order valence-electron chi connectivity index (χ3n) is 2.89. The number of carbonyl (C=O) groups is 1. The Kier molecular flexibility index (Phi) is 5.41. The minimum absolute atomic E-state index is 0.114. The molecule has 0 aromatic carbocycles. The van der Waals surface area contributed by atoms with E-state index in [1.807, 2.05) is 27.7 Å². The first kappa shape index (κ1) is 15.2. The van der Waals surface area contributed by atoms with Crippen LogP contribution in [0.5, 0.6) is 0 Å². The Labute approximate surface area is 110 Å². The zero-order valence-corrected chi connectivity index (χ0v) is 12.3. The van der Waals surface area contributed by atoms with E-state index >= 15 is 0 Å². The lowest BCUT2D eigenvalue weighted by atomic mass is 10.2. The Hall–Kier alpha value is -0.810. The molecule has 0 saturated carbocycles. The van der Waals surface area contributed by atoms with Crippen molar-refractivity contribution in [2.45, 2.75) is 39.3 Å². The number of nitrogens with zero attached hydrogens (tertiary/aromatic N) is 2. The summed E-state index contributed by atoms with van der Waals surface area (Å²) in [5.74, 6) is 0. The molecule has 1 rings (SSSR count). The monoisotopic (exact) mass is 257 g/mol. The summed E-state index contributed by atoms with van der Waals surface area (Å²) in [5.41, 5.74) is -0.433. The standard InChI is InChI=1S/C13H27N3O2/c1-11(14-12(17)18-13(2,3)4)10-16-8-6-15(5)7-9-16/h11H,6-10H2,1-5H3,(H,14,17). The second-order valence-electron chi connectivity index (χ2n) is 6.15. The lowest BCUT2D eigenvalue weighted by Gasteiger charge is -2.34. The molecule has 18 heavy (non-hydrogen) atoms. The molecule has 1 aliphatic rings. The van der Waals surface area contributed by atoms with Gasteiger partial charge >= 0.3 is 6.09 Å². The first-order chi connectivity index (χ1) is 8.26. The van der Waals surface area contributed by atoms with Gasteiger partial charge in [-0.2, -0.15) is 0 Å². The first-order valence-electron chi connectivity index (χ1n) is 6.66. The van der Waals surface area contributed by atoms with Crippen LogP contribution in [0.2, 0.25) is 0 Å². The highest BCUT2D eigenvalue weighted by Crippen LogP contribution is 2.07. The molecular formula is C13H27N3O2. The SMILES string of the molecule is CC(CN1CCN(C)CC1)NC(=O)OC(C)(C)C. The van der Waals surface area contributed by atoms with Gasteiger partial charge in [-0.3, -0.25) is 4.90 Å². The molecule has 0 aromatic heterocycles. The predicted octanol–water partition coefficient (Wildman–Crippen LogP) is 1.15. The third-order valence-corrected chi connectivity index (χ3v) is 2.89. The van der Waals surface area contributed by atoms with E-state index in [9.17, 15) is 4.79 Å². The second kappa shape index (κ2) is 6.38. The van der Waals surface area contributed by atoms with Gasteiger partial charge in [-0.25, -0.2) is 4.79 Å². The summed E-state index contributed by atoms with van der Waals surface area (Å²) in [7, 11) is 2.14. The van der Waals surface area contributed by atoms with Gasteiger partial charge in [-0.1, -0.05) is 0 Å². The zero-order valence-electron chi connectivity index (χ0n) is 12.3. The van der Waals surface area contributed by atoms with E-state index in [1.54, 1.807) is 0 Å². The average Bonchev–Trinajstić information content (AvgIpc) is 2.18. The number of amides is 1. The topological polar surface area (TPSA) is 44.8 Å². The van der Waals surface area contributed by atoms with Crippen LogP contribution in [0.1, 0.15) is 27.7 Å². The number of hydrogen-bond acceptors (Lipinski definition) is 4. The molecule has 5 nitrogen and oxygen atoms in total. The van der Waals surface area contributed by atoms with E-state index in [-0.39, 0.29) is 12.1 Å². The van der Waals surface area contributed by atoms with Gasteiger partial charge < -0.3 is 15.0 Å².